The highest BCUT2D eigenvalue weighted by Crippen LogP contribution is 2.35. The molecule has 0 radical (unpaired) electrons. The van der Waals surface area contributed by atoms with Gasteiger partial charge in [0.1, 0.15) is 16.9 Å². The number of nitriles is 1. The smallest absolute Gasteiger partial charge is 0.234 e. The number of fused-ring (bicyclic) bond motifs is 1. The van der Waals surface area contributed by atoms with Gasteiger partial charge in [-0.05, 0) is 36.1 Å². The molecule has 3 rings (SSSR count). The van der Waals surface area contributed by atoms with E-state index in [1.807, 2.05) is 13.8 Å². The maximum atomic E-state index is 13.2. The van der Waals surface area contributed by atoms with Gasteiger partial charge in [0, 0.05) is 17.7 Å². The lowest BCUT2D eigenvalue weighted by Gasteiger charge is -2.29. The Morgan fingerprint density at radius 3 is 2.85 bits per heavy atom. The summed E-state index contributed by atoms with van der Waals surface area (Å²) < 4.78 is 13.2. The molecule has 2 aromatic rings. The molecule has 0 aliphatic heterocycles. The molecule has 7 heteroatoms. The molecule has 138 valence electrons. The van der Waals surface area contributed by atoms with Crippen LogP contribution in [0.3, 0.4) is 0 Å². The van der Waals surface area contributed by atoms with Gasteiger partial charge >= 0.3 is 0 Å². The first-order valence-electron chi connectivity index (χ1n) is 8.43. The number of carbonyl (C=O) groups excluding carboxylic acids is 2. The summed E-state index contributed by atoms with van der Waals surface area (Å²) in [5.74, 6) is -0.749. The summed E-state index contributed by atoms with van der Waals surface area (Å²) >= 11 is 1.13. The number of amides is 1. The number of carbonyl (C=O) groups is 2. The molecule has 1 N–H and O–H groups in total. The van der Waals surface area contributed by atoms with Gasteiger partial charge in [-0.2, -0.15) is 5.26 Å². The highest BCUT2D eigenvalue weighted by molar-refractivity contribution is 8.00. The minimum Gasteiger partial charge on any atom is -0.325 e. The number of ketones is 1. The van der Waals surface area contributed by atoms with Crippen LogP contribution in [0.5, 0.6) is 0 Å². The van der Waals surface area contributed by atoms with Crippen LogP contribution in [-0.2, 0) is 11.2 Å². The normalized spacial score (nSPS) is 15.0. The third kappa shape index (κ3) is 4.52. The first-order chi connectivity index (χ1) is 12.8. The van der Waals surface area contributed by atoms with Gasteiger partial charge in [0.25, 0.3) is 0 Å². The summed E-state index contributed by atoms with van der Waals surface area (Å²) in [5.41, 5.74) is 1.64. The summed E-state index contributed by atoms with van der Waals surface area (Å²) in [7, 11) is 0. The fourth-order valence-electron chi connectivity index (χ4n) is 3.04. The van der Waals surface area contributed by atoms with E-state index in [0.29, 0.717) is 34.8 Å². The standard InChI is InChI=1S/C20H18FN3O2S/c1-20(2)8-16-15(17(25)9-20)6-12(10-22)19(24-16)27-11-18(26)23-14-5-3-4-13(21)7-14/h3-7H,8-9,11H2,1-2H3,(H,23,26). The van der Waals surface area contributed by atoms with Gasteiger partial charge in [-0.1, -0.05) is 31.7 Å². The molecule has 1 amide bonds. The molecule has 1 aromatic heterocycles. The van der Waals surface area contributed by atoms with Crippen LogP contribution in [0, 0.1) is 22.6 Å². The maximum Gasteiger partial charge on any atom is 0.234 e. The van der Waals surface area contributed by atoms with E-state index in [4.69, 9.17) is 0 Å². The van der Waals surface area contributed by atoms with Gasteiger partial charge in [0.2, 0.25) is 5.91 Å². The molecule has 0 unspecified atom stereocenters. The Morgan fingerprint density at radius 2 is 2.15 bits per heavy atom. The number of halogens is 1. The van der Waals surface area contributed by atoms with E-state index in [1.54, 1.807) is 12.1 Å². The average molecular weight is 383 g/mol. The van der Waals surface area contributed by atoms with Gasteiger partial charge in [-0.25, -0.2) is 9.37 Å². The van der Waals surface area contributed by atoms with Crippen LogP contribution in [0.25, 0.3) is 0 Å². The molecule has 0 saturated carbocycles. The lowest BCUT2D eigenvalue weighted by Crippen LogP contribution is -2.28. The van der Waals surface area contributed by atoms with E-state index < -0.39 is 5.82 Å². The SMILES string of the molecule is CC1(C)CC(=O)c2cc(C#N)c(SCC(=O)Nc3cccc(F)c3)nc2C1. The number of pyridine rings is 1. The second kappa shape index (κ2) is 7.49. The summed E-state index contributed by atoms with van der Waals surface area (Å²) in [6.45, 7) is 4.01. The first kappa shape index (κ1) is 19.1. The summed E-state index contributed by atoms with van der Waals surface area (Å²) in [5, 5.41) is 12.4. The lowest BCUT2D eigenvalue weighted by molar-refractivity contribution is -0.113. The molecular weight excluding hydrogens is 365 g/mol. The van der Waals surface area contributed by atoms with Crippen molar-refractivity contribution in [3.05, 3.63) is 53.0 Å². The zero-order chi connectivity index (χ0) is 19.6. The third-order valence-electron chi connectivity index (χ3n) is 4.22. The van der Waals surface area contributed by atoms with Crippen molar-refractivity contribution in [2.45, 2.75) is 31.7 Å². The zero-order valence-electron chi connectivity index (χ0n) is 15.0. The van der Waals surface area contributed by atoms with Crippen molar-refractivity contribution >= 4 is 29.1 Å². The van der Waals surface area contributed by atoms with Crippen LogP contribution in [0.1, 0.15) is 41.9 Å². The molecular formula is C20H18FN3O2S. The van der Waals surface area contributed by atoms with Crippen LogP contribution < -0.4 is 5.32 Å². The number of benzene rings is 1. The first-order valence-corrected chi connectivity index (χ1v) is 9.41. The Kier molecular flexibility index (Phi) is 5.29. The van der Waals surface area contributed by atoms with Crippen LogP contribution >= 0.6 is 11.8 Å². The molecule has 0 bridgehead atoms. The van der Waals surface area contributed by atoms with E-state index in [2.05, 4.69) is 16.4 Å². The molecule has 0 atom stereocenters. The number of hydrogen-bond acceptors (Lipinski definition) is 5. The zero-order valence-corrected chi connectivity index (χ0v) is 15.8. The van der Waals surface area contributed by atoms with Crippen molar-refractivity contribution in [3.8, 4) is 6.07 Å². The molecule has 0 fully saturated rings. The Labute approximate surface area is 161 Å². The molecule has 0 spiro atoms. The number of rotatable bonds is 4. The molecule has 1 aliphatic carbocycles. The number of aromatic nitrogens is 1. The molecule has 1 aliphatic rings. The van der Waals surface area contributed by atoms with Crippen LogP contribution in [0.15, 0.2) is 35.4 Å². The minimum absolute atomic E-state index is 0.00866. The summed E-state index contributed by atoms with van der Waals surface area (Å²) in [4.78, 5) is 29.0. The number of Topliss-reactive ketones (excluding diaryl/α,β-unsaturated/α-hetero) is 1. The largest absolute Gasteiger partial charge is 0.325 e. The molecule has 0 saturated heterocycles. The van der Waals surface area contributed by atoms with Gasteiger partial charge in [-0.3, -0.25) is 9.59 Å². The predicted octanol–water partition coefficient (Wildman–Crippen LogP) is 3.98. The van der Waals surface area contributed by atoms with Gasteiger partial charge in [-0.15, -0.1) is 0 Å². The van der Waals surface area contributed by atoms with Gasteiger partial charge in [0.05, 0.1) is 17.0 Å². The predicted molar refractivity (Wildman–Crippen MR) is 101 cm³/mol. The number of anilines is 1. The highest BCUT2D eigenvalue weighted by Gasteiger charge is 2.32. The third-order valence-corrected chi connectivity index (χ3v) is 5.21. The Hall–Kier alpha value is -2.72. The van der Waals surface area contributed by atoms with Crippen LogP contribution in [0.4, 0.5) is 10.1 Å². The van der Waals surface area contributed by atoms with E-state index in [1.165, 1.54) is 18.2 Å². The Morgan fingerprint density at radius 1 is 1.37 bits per heavy atom. The van der Waals surface area contributed by atoms with E-state index in [9.17, 15) is 19.2 Å². The number of nitrogens with one attached hydrogen (secondary N) is 1. The van der Waals surface area contributed by atoms with Crippen molar-refractivity contribution in [3.63, 3.8) is 0 Å². The molecule has 5 nitrogen and oxygen atoms in total. The molecule has 1 heterocycles. The summed E-state index contributed by atoms with van der Waals surface area (Å²) in [6, 6.07) is 9.26. The van der Waals surface area contributed by atoms with Crippen molar-refractivity contribution < 1.29 is 14.0 Å². The van der Waals surface area contributed by atoms with Crippen molar-refractivity contribution in [1.82, 2.24) is 4.98 Å². The number of nitrogens with zero attached hydrogens (tertiary/aromatic N) is 2. The fourth-order valence-corrected chi connectivity index (χ4v) is 3.82. The van der Waals surface area contributed by atoms with Crippen molar-refractivity contribution in [2.24, 2.45) is 5.41 Å². The van der Waals surface area contributed by atoms with Gasteiger partial charge in [0.15, 0.2) is 5.78 Å². The number of thioether (sulfide) groups is 1. The average Bonchev–Trinajstić information content (AvgIpc) is 2.58. The quantitative estimate of drug-likeness (QED) is 0.808. The van der Waals surface area contributed by atoms with E-state index >= 15 is 0 Å². The second-order valence-corrected chi connectivity index (χ2v) is 8.20. The molecule has 27 heavy (non-hydrogen) atoms. The minimum atomic E-state index is -0.434. The van der Waals surface area contributed by atoms with Crippen LogP contribution in [-0.4, -0.2) is 22.4 Å². The molecule has 1 aromatic carbocycles. The topological polar surface area (TPSA) is 82.8 Å². The highest BCUT2D eigenvalue weighted by atomic mass is 32.2. The van der Waals surface area contributed by atoms with E-state index in [0.717, 1.165) is 11.8 Å². The monoisotopic (exact) mass is 383 g/mol. The van der Waals surface area contributed by atoms with E-state index in [-0.39, 0.29) is 28.4 Å². The number of hydrogen-bond donors (Lipinski definition) is 1. The van der Waals surface area contributed by atoms with Crippen molar-refractivity contribution in [1.29, 1.82) is 5.26 Å². The van der Waals surface area contributed by atoms with Crippen LogP contribution in [0.2, 0.25) is 0 Å². The Bertz CT molecular complexity index is 966. The second-order valence-electron chi connectivity index (χ2n) is 7.24. The Balaban J connectivity index is 1.76. The maximum absolute atomic E-state index is 13.2. The lowest BCUT2D eigenvalue weighted by atomic mass is 9.75. The van der Waals surface area contributed by atoms with Gasteiger partial charge < -0.3 is 5.32 Å². The van der Waals surface area contributed by atoms with Crippen molar-refractivity contribution in [2.75, 3.05) is 11.1 Å². The fraction of sp³-hybridized carbons (Fsp3) is 0.300. The summed E-state index contributed by atoms with van der Waals surface area (Å²) in [6.07, 6.45) is 1.07.